The van der Waals surface area contributed by atoms with Gasteiger partial charge in [0.2, 0.25) is 0 Å². The number of likely N-dealkylation sites (N-methyl/N-ethyl adjacent to an activating group) is 2. The fraction of sp³-hybridized carbons (Fsp3) is 0.900. The van der Waals surface area contributed by atoms with Gasteiger partial charge in [0.25, 0.3) is 6.02 Å². The van der Waals surface area contributed by atoms with E-state index in [2.05, 4.69) is 5.32 Å². The highest BCUT2D eigenvalue weighted by Crippen LogP contribution is 2.20. The average molecular weight is 255 g/mol. The predicted molar refractivity (Wildman–Crippen MR) is 60.1 cm³/mol. The lowest BCUT2D eigenvalue weighted by atomic mass is 10.2. The molecule has 7 heteroatoms. The highest BCUT2D eigenvalue weighted by molar-refractivity contribution is 5.70. The van der Waals surface area contributed by atoms with Crippen molar-refractivity contribution in [2.45, 2.75) is 38.6 Å². The molecule has 0 aliphatic heterocycles. The van der Waals surface area contributed by atoms with Crippen molar-refractivity contribution < 1.29 is 17.9 Å². The Morgan fingerprint density at radius 2 is 1.82 bits per heavy atom. The van der Waals surface area contributed by atoms with Crippen LogP contribution in [0.25, 0.3) is 0 Å². The predicted octanol–water partition coefficient (Wildman–Crippen LogP) is 1.82. The van der Waals surface area contributed by atoms with Crippen molar-refractivity contribution in [2.24, 2.45) is 0 Å². The molecule has 0 aromatic heterocycles. The summed E-state index contributed by atoms with van der Waals surface area (Å²) >= 11 is 0. The van der Waals surface area contributed by atoms with Crippen LogP contribution in [-0.2, 0) is 4.74 Å². The summed E-state index contributed by atoms with van der Waals surface area (Å²) in [7, 11) is 2.63. The van der Waals surface area contributed by atoms with Gasteiger partial charge in [0, 0.05) is 13.6 Å². The topological polar surface area (TPSA) is 48.4 Å². The molecule has 17 heavy (non-hydrogen) atoms. The SMILES string of the molecule is CNC(CN(C)C(=N)OC(C)(C)C)C(F)(F)F. The molecule has 0 aliphatic carbocycles. The Hall–Kier alpha value is -0.980. The van der Waals surface area contributed by atoms with Crippen molar-refractivity contribution in [1.82, 2.24) is 10.2 Å². The summed E-state index contributed by atoms with van der Waals surface area (Å²) < 4.78 is 42.6. The summed E-state index contributed by atoms with van der Waals surface area (Å²) in [5.74, 6) is 0. The first-order valence-electron chi connectivity index (χ1n) is 5.20. The normalized spacial score (nSPS) is 14.4. The van der Waals surface area contributed by atoms with Gasteiger partial charge in [0.1, 0.15) is 11.6 Å². The van der Waals surface area contributed by atoms with Gasteiger partial charge in [-0.05, 0) is 27.8 Å². The molecular formula is C10H20F3N3O. The average Bonchev–Trinajstić information content (AvgIpc) is 2.08. The Bertz CT molecular complexity index is 261. The number of ether oxygens (including phenoxy) is 1. The number of rotatable bonds is 3. The van der Waals surface area contributed by atoms with E-state index in [0.29, 0.717) is 0 Å². The Labute approximate surface area is 99.6 Å². The zero-order valence-corrected chi connectivity index (χ0v) is 10.8. The molecule has 2 N–H and O–H groups in total. The van der Waals surface area contributed by atoms with Crippen LogP contribution >= 0.6 is 0 Å². The van der Waals surface area contributed by atoms with Gasteiger partial charge in [-0.25, -0.2) is 0 Å². The van der Waals surface area contributed by atoms with E-state index in [1.807, 2.05) is 0 Å². The molecule has 0 spiro atoms. The molecule has 0 radical (unpaired) electrons. The van der Waals surface area contributed by atoms with E-state index < -0.39 is 17.8 Å². The quantitative estimate of drug-likeness (QED) is 0.597. The Morgan fingerprint density at radius 1 is 1.35 bits per heavy atom. The van der Waals surface area contributed by atoms with Crippen LogP contribution in [0.15, 0.2) is 0 Å². The van der Waals surface area contributed by atoms with Crippen molar-refractivity contribution in [1.29, 1.82) is 5.41 Å². The van der Waals surface area contributed by atoms with Gasteiger partial charge in [0.05, 0.1) is 0 Å². The minimum absolute atomic E-state index is 0.276. The minimum atomic E-state index is -4.34. The maximum Gasteiger partial charge on any atom is 0.405 e. The van der Waals surface area contributed by atoms with E-state index in [1.54, 1.807) is 20.8 Å². The standard InChI is InChI=1S/C10H20F3N3O/c1-9(2,3)17-8(14)16(5)6-7(15-4)10(11,12)13/h7,14-15H,6H2,1-5H3. The second-order valence-electron chi connectivity index (χ2n) is 4.78. The molecule has 1 atom stereocenters. The molecule has 0 fully saturated rings. The Kier molecular flexibility index (Phi) is 5.25. The summed E-state index contributed by atoms with van der Waals surface area (Å²) in [6.45, 7) is 4.83. The number of halogens is 3. The van der Waals surface area contributed by atoms with Gasteiger partial charge in [-0.2, -0.15) is 13.2 Å². The van der Waals surface area contributed by atoms with Gasteiger partial charge in [-0.3, -0.25) is 5.41 Å². The zero-order valence-electron chi connectivity index (χ0n) is 10.8. The molecule has 102 valence electrons. The van der Waals surface area contributed by atoms with E-state index in [0.717, 1.165) is 4.90 Å². The van der Waals surface area contributed by atoms with Crippen LogP contribution in [0.5, 0.6) is 0 Å². The van der Waals surface area contributed by atoms with E-state index >= 15 is 0 Å². The van der Waals surface area contributed by atoms with Gasteiger partial charge < -0.3 is 15.0 Å². The van der Waals surface area contributed by atoms with Crippen LogP contribution in [0.1, 0.15) is 20.8 Å². The fourth-order valence-electron chi connectivity index (χ4n) is 1.08. The third-order valence-corrected chi connectivity index (χ3v) is 1.95. The largest absolute Gasteiger partial charge is 0.460 e. The molecule has 0 saturated heterocycles. The van der Waals surface area contributed by atoms with Crippen LogP contribution < -0.4 is 5.32 Å². The van der Waals surface area contributed by atoms with Crippen LogP contribution in [0.4, 0.5) is 13.2 Å². The van der Waals surface area contributed by atoms with Gasteiger partial charge in [0.15, 0.2) is 0 Å². The van der Waals surface area contributed by atoms with E-state index in [9.17, 15) is 13.2 Å². The number of hydrogen-bond acceptors (Lipinski definition) is 3. The van der Waals surface area contributed by atoms with Gasteiger partial charge >= 0.3 is 6.18 Å². The lowest BCUT2D eigenvalue weighted by Gasteiger charge is -2.30. The number of amidine groups is 1. The molecule has 4 nitrogen and oxygen atoms in total. The summed E-state index contributed by atoms with van der Waals surface area (Å²) in [5.41, 5.74) is -0.598. The van der Waals surface area contributed by atoms with E-state index in [-0.39, 0.29) is 12.6 Å². The summed E-state index contributed by atoms with van der Waals surface area (Å²) in [6, 6.07) is -1.96. The maximum absolute atomic E-state index is 12.5. The summed E-state index contributed by atoms with van der Waals surface area (Å²) in [5, 5.41) is 9.70. The molecule has 0 heterocycles. The minimum Gasteiger partial charge on any atom is -0.460 e. The molecule has 0 rings (SSSR count). The van der Waals surface area contributed by atoms with Crippen molar-refractivity contribution in [3.8, 4) is 0 Å². The highest BCUT2D eigenvalue weighted by Gasteiger charge is 2.39. The number of nitrogens with one attached hydrogen (secondary N) is 2. The first-order chi connectivity index (χ1) is 7.47. The van der Waals surface area contributed by atoms with Crippen molar-refractivity contribution in [3.63, 3.8) is 0 Å². The number of alkyl halides is 3. The van der Waals surface area contributed by atoms with Gasteiger partial charge in [-0.15, -0.1) is 0 Å². The van der Waals surface area contributed by atoms with Crippen molar-refractivity contribution >= 4 is 6.02 Å². The molecule has 0 aromatic rings. The smallest absolute Gasteiger partial charge is 0.405 e. The number of hydrogen-bond donors (Lipinski definition) is 2. The van der Waals surface area contributed by atoms with E-state index in [4.69, 9.17) is 10.1 Å². The van der Waals surface area contributed by atoms with Crippen LogP contribution in [-0.4, -0.2) is 49.4 Å². The molecule has 0 amide bonds. The summed E-state index contributed by atoms with van der Waals surface area (Å²) in [6.07, 6.45) is -4.34. The first kappa shape index (κ1) is 16.0. The number of nitrogens with zero attached hydrogens (tertiary/aromatic N) is 1. The molecular weight excluding hydrogens is 235 g/mol. The zero-order chi connectivity index (χ0) is 13.9. The Morgan fingerprint density at radius 3 is 2.12 bits per heavy atom. The second-order valence-corrected chi connectivity index (χ2v) is 4.78. The van der Waals surface area contributed by atoms with Crippen molar-refractivity contribution in [2.75, 3.05) is 20.6 Å². The Balaban J connectivity index is 4.43. The maximum atomic E-state index is 12.5. The highest BCUT2D eigenvalue weighted by atomic mass is 19.4. The van der Waals surface area contributed by atoms with Crippen LogP contribution in [0.3, 0.4) is 0 Å². The van der Waals surface area contributed by atoms with Gasteiger partial charge in [-0.1, -0.05) is 0 Å². The third-order valence-electron chi connectivity index (χ3n) is 1.95. The van der Waals surface area contributed by atoms with Crippen LogP contribution in [0, 0.1) is 5.41 Å². The third kappa shape index (κ3) is 6.35. The molecule has 0 bridgehead atoms. The lowest BCUT2D eigenvalue weighted by Crippen LogP contribution is -2.50. The van der Waals surface area contributed by atoms with Crippen molar-refractivity contribution in [3.05, 3.63) is 0 Å². The second kappa shape index (κ2) is 5.57. The van der Waals surface area contributed by atoms with Crippen LogP contribution in [0.2, 0.25) is 0 Å². The van der Waals surface area contributed by atoms with E-state index in [1.165, 1.54) is 14.1 Å². The lowest BCUT2D eigenvalue weighted by molar-refractivity contribution is -0.156. The monoisotopic (exact) mass is 255 g/mol. The fourth-order valence-corrected chi connectivity index (χ4v) is 1.08. The molecule has 1 unspecified atom stereocenters. The molecule has 0 saturated carbocycles. The first-order valence-corrected chi connectivity index (χ1v) is 5.20. The summed E-state index contributed by atoms with van der Waals surface area (Å²) in [4.78, 5) is 1.12. The molecule has 0 aliphatic rings. The molecule has 0 aromatic carbocycles.